The van der Waals surface area contributed by atoms with Gasteiger partial charge in [-0.1, -0.05) is 11.6 Å². The van der Waals surface area contributed by atoms with Crippen LogP contribution >= 0.6 is 11.6 Å². The highest BCUT2D eigenvalue weighted by molar-refractivity contribution is 6.34. The fourth-order valence-corrected chi connectivity index (χ4v) is 6.72. The van der Waals surface area contributed by atoms with Gasteiger partial charge in [0.1, 0.15) is 5.60 Å². The maximum Gasteiger partial charge on any atom is 0.412 e. The molecule has 0 bridgehead atoms. The second kappa shape index (κ2) is 15.9. The number of hydrogen-bond acceptors (Lipinski definition) is 10. The number of anilines is 2. The number of aromatic nitrogens is 5. The van der Waals surface area contributed by atoms with Crippen molar-refractivity contribution < 1.29 is 28.7 Å². The van der Waals surface area contributed by atoms with Gasteiger partial charge in [-0.05, 0) is 84.1 Å². The van der Waals surface area contributed by atoms with Crippen molar-refractivity contribution in [2.45, 2.75) is 39.2 Å². The number of nitrogens with one attached hydrogen (secondary N) is 2. The van der Waals surface area contributed by atoms with Gasteiger partial charge in [0.05, 0.1) is 47.0 Å². The van der Waals surface area contributed by atoms with E-state index in [1.54, 1.807) is 67.7 Å². The number of hydrogen-bond donors (Lipinski definition) is 2. The number of piperidine rings is 1. The number of pyridine rings is 1. The van der Waals surface area contributed by atoms with Gasteiger partial charge in [0.15, 0.2) is 11.6 Å². The highest BCUT2D eigenvalue weighted by atomic mass is 35.5. The van der Waals surface area contributed by atoms with Crippen LogP contribution in [0.3, 0.4) is 0 Å². The molecule has 0 atom stereocenters. The Morgan fingerprint density at radius 3 is 2.19 bits per heavy atom. The molecule has 6 rings (SSSR count). The molecule has 0 radical (unpaired) electrons. The summed E-state index contributed by atoms with van der Waals surface area (Å²) in [5.74, 6) is 0.345. The molecule has 2 aliphatic rings. The van der Waals surface area contributed by atoms with Crippen LogP contribution in [0.25, 0.3) is 17.1 Å². The number of amides is 4. The highest BCUT2D eigenvalue weighted by Crippen LogP contribution is 2.31. The smallest absolute Gasteiger partial charge is 0.412 e. The van der Waals surface area contributed by atoms with Crippen molar-refractivity contribution in [2.75, 3.05) is 64.1 Å². The van der Waals surface area contributed by atoms with Crippen LogP contribution in [0.4, 0.5) is 16.2 Å². The van der Waals surface area contributed by atoms with E-state index in [0.717, 1.165) is 25.9 Å². The molecule has 0 unspecified atom stereocenters. The van der Waals surface area contributed by atoms with Crippen LogP contribution in [-0.4, -0.2) is 122 Å². The van der Waals surface area contributed by atoms with E-state index in [4.69, 9.17) is 21.1 Å². The Balaban J connectivity index is 1.08. The minimum atomic E-state index is -0.638. The molecule has 0 spiro atoms. The van der Waals surface area contributed by atoms with Crippen molar-refractivity contribution in [1.82, 2.24) is 39.0 Å². The average molecular weight is 761 g/mol. The third-order valence-corrected chi connectivity index (χ3v) is 9.69. The van der Waals surface area contributed by atoms with E-state index in [2.05, 4.69) is 37.6 Å². The van der Waals surface area contributed by atoms with E-state index >= 15 is 0 Å². The van der Waals surface area contributed by atoms with Crippen molar-refractivity contribution in [3.05, 3.63) is 65.3 Å². The van der Waals surface area contributed by atoms with E-state index in [0.29, 0.717) is 60.2 Å². The van der Waals surface area contributed by atoms with Gasteiger partial charge in [0.2, 0.25) is 11.8 Å². The lowest BCUT2D eigenvalue weighted by Gasteiger charge is -2.38. The summed E-state index contributed by atoms with van der Waals surface area (Å²) < 4.78 is 13.9. The maximum atomic E-state index is 13.4. The van der Waals surface area contributed by atoms with Crippen LogP contribution in [0.2, 0.25) is 5.02 Å². The molecule has 17 heteroatoms. The van der Waals surface area contributed by atoms with E-state index in [9.17, 15) is 19.2 Å². The first-order chi connectivity index (χ1) is 25.7. The van der Waals surface area contributed by atoms with Crippen LogP contribution in [0.5, 0.6) is 5.88 Å². The molecule has 54 heavy (non-hydrogen) atoms. The molecular weight excluding hydrogens is 716 g/mol. The van der Waals surface area contributed by atoms with E-state index in [-0.39, 0.29) is 34.5 Å². The Kier molecular flexibility index (Phi) is 11.2. The largest absolute Gasteiger partial charge is 0.479 e. The molecule has 4 aromatic rings. The standard InChI is InChI=1S/C37H45ClN10O6/c1-37(2,3)54-36(52)42-25-8-10-30(39-20-25)48-22-27(33(43-48)53-6)29-21-40-31(45(29)5)32(49)41-24-7-9-26(28(38)19-24)35(51)47-17-15-46(16-18-47)34(50)23-11-13-44(4)14-12-23/h7-10,19-23H,11-18H2,1-6H3,(H,41,49)(H,42,52). The zero-order chi connectivity index (χ0) is 38.7. The number of ether oxygens (including phenoxy) is 2. The fourth-order valence-electron chi connectivity index (χ4n) is 6.46. The normalized spacial score (nSPS) is 15.5. The molecule has 0 aliphatic carbocycles. The molecule has 2 N–H and O–H groups in total. The second-order valence-corrected chi connectivity index (χ2v) is 14.8. The third-order valence-electron chi connectivity index (χ3n) is 9.37. The Hall–Kier alpha value is -5.48. The molecule has 1 aromatic carbocycles. The second-order valence-electron chi connectivity index (χ2n) is 14.4. The lowest BCUT2D eigenvalue weighted by molar-refractivity contribution is -0.138. The molecule has 16 nitrogen and oxygen atoms in total. The van der Waals surface area contributed by atoms with Crippen LogP contribution in [0, 0.1) is 5.92 Å². The first-order valence-corrected chi connectivity index (χ1v) is 18.1. The van der Waals surface area contributed by atoms with E-state index in [1.165, 1.54) is 30.3 Å². The minimum Gasteiger partial charge on any atom is -0.479 e. The molecule has 5 heterocycles. The fraction of sp³-hybridized carbons (Fsp3) is 0.432. The van der Waals surface area contributed by atoms with Gasteiger partial charge in [0.25, 0.3) is 11.8 Å². The van der Waals surface area contributed by atoms with Gasteiger partial charge in [-0.2, -0.15) is 0 Å². The molecule has 286 valence electrons. The Morgan fingerprint density at radius 1 is 0.870 bits per heavy atom. The van der Waals surface area contributed by atoms with Gasteiger partial charge >= 0.3 is 6.09 Å². The Morgan fingerprint density at radius 2 is 1.56 bits per heavy atom. The summed E-state index contributed by atoms with van der Waals surface area (Å²) >= 11 is 6.58. The van der Waals surface area contributed by atoms with Crippen LogP contribution in [0.15, 0.2) is 48.9 Å². The van der Waals surface area contributed by atoms with Crippen LogP contribution < -0.4 is 15.4 Å². The number of halogens is 1. The van der Waals surface area contributed by atoms with Gasteiger partial charge < -0.3 is 34.1 Å². The number of carbonyl (C=O) groups is 4. The van der Waals surface area contributed by atoms with E-state index in [1.807, 2.05) is 4.90 Å². The SMILES string of the molecule is COc1nn(-c2ccc(NC(=O)OC(C)(C)C)cn2)cc1-c1cnc(C(=O)Nc2ccc(C(=O)N3CCN(C(=O)C4CCN(C)CC4)CC3)c(Cl)c2)n1C. The molecule has 3 aromatic heterocycles. The summed E-state index contributed by atoms with van der Waals surface area (Å²) in [4.78, 5) is 66.5. The number of rotatable bonds is 8. The molecule has 2 fully saturated rings. The van der Waals surface area contributed by atoms with Crippen molar-refractivity contribution >= 4 is 46.8 Å². The van der Waals surface area contributed by atoms with Gasteiger partial charge in [0, 0.05) is 51.0 Å². The van der Waals surface area contributed by atoms with Crippen LogP contribution in [0.1, 0.15) is 54.6 Å². The zero-order valence-electron chi connectivity index (χ0n) is 31.3. The van der Waals surface area contributed by atoms with Gasteiger partial charge in [-0.25, -0.2) is 19.4 Å². The zero-order valence-corrected chi connectivity index (χ0v) is 32.0. The number of benzene rings is 1. The number of nitrogens with zero attached hydrogens (tertiary/aromatic N) is 8. The van der Waals surface area contributed by atoms with Gasteiger partial charge in [-0.15, -0.1) is 5.10 Å². The summed E-state index contributed by atoms with van der Waals surface area (Å²) in [6, 6.07) is 8.09. The maximum absolute atomic E-state index is 13.4. The number of piperazine rings is 1. The first-order valence-electron chi connectivity index (χ1n) is 17.7. The van der Waals surface area contributed by atoms with Crippen molar-refractivity contribution in [2.24, 2.45) is 13.0 Å². The molecule has 0 saturated carbocycles. The highest BCUT2D eigenvalue weighted by Gasteiger charge is 2.31. The molecule has 2 aliphatic heterocycles. The lowest BCUT2D eigenvalue weighted by Crippen LogP contribution is -2.52. The Bertz CT molecular complexity index is 2020. The summed E-state index contributed by atoms with van der Waals surface area (Å²) in [7, 11) is 5.25. The van der Waals surface area contributed by atoms with E-state index < -0.39 is 17.6 Å². The Labute approximate surface area is 318 Å². The number of likely N-dealkylation sites (tertiary alicyclic amines) is 1. The predicted molar refractivity (Wildman–Crippen MR) is 202 cm³/mol. The number of imidazole rings is 1. The first kappa shape index (κ1) is 38.3. The third kappa shape index (κ3) is 8.66. The molecule has 4 amide bonds. The van der Waals surface area contributed by atoms with Crippen molar-refractivity contribution in [1.29, 1.82) is 0 Å². The summed E-state index contributed by atoms with van der Waals surface area (Å²) in [5, 5.41) is 10.1. The summed E-state index contributed by atoms with van der Waals surface area (Å²) in [5.41, 5.74) is 1.63. The lowest BCUT2D eigenvalue weighted by atomic mass is 9.95. The molecule has 2 saturated heterocycles. The summed E-state index contributed by atoms with van der Waals surface area (Å²) in [6.07, 6.45) is 5.85. The van der Waals surface area contributed by atoms with Crippen molar-refractivity contribution in [3.8, 4) is 23.0 Å². The van der Waals surface area contributed by atoms with Crippen molar-refractivity contribution in [3.63, 3.8) is 0 Å². The van der Waals surface area contributed by atoms with Crippen LogP contribution in [-0.2, 0) is 16.6 Å². The number of carbonyl (C=O) groups excluding carboxylic acids is 4. The molecular formula is C37H45ClN10O6. The quantitative estimate of drug-likeness (QED) is 0.260. The monoisotopic (exact) mass is 760 g/mol. The topological polar surface area (TPSA) is 169 Å². The average Bonchev–Trinajstić information content (AvgIpc) is 3.74. The number of methoxy groups -OCH3 is 1. The van der Waals surface area contributed by atoms with Gasteiger partial charge in [-0.3, -0.25) is 19.7 Å². The summed E-state index contributed by atoms with van der Waals surface area (Å²) in [6.45, 7) is 8.99. The minimum absolute atomic E-state index is 0.0461. The predicted octanol–water partition coefficient (Wildman–Crippen LogP) is 4.56.